The molecule has 0 unspecified atom stereocenters. The van der Waals surface area contributed by atoms with E-state index in [9.17, 15) is 10.2 Å². The van der Waals surface area contributed by atoms with Gasteiger partial charge in [-0.25, -0.2) is 0 Å². The number of aryl methyl sites for hydroxylation is 1. The first-order valence-electron chi connectivity index (χ1n) is 10.4. The number of hydrogen-bond donors (Lipinski definition) is 2. The first-order valence-corrected chi connectivity index (χ1v) is 15.2. The van der Waals surface area contributed by atoms with E-state index in [1.807, 2.05) is 57.2 Å². The molecule has 2 aromatic carbocycles. The highest BCUT2D eigenvalue weighted by Crippen LogP contribution is 2.30. The molecule has 0 spiro atoms. The van der Waals surface area contributed by atoms with Crippen LogP contribution in [0.2, 0.25) is 0 Å². The first kappa shape index (κ1) is 27.1. The second-order valence-electron chi connectivity index (χ2n) is 6.66. The molecule has 0 heterocycles. The maximum absolute atomic E-state index is 9.63. The third-order valence-corrected chi connectivity index (χ3v) is 9.29. The van der Waals surface area contributed by atoms with Crippen LogP contribution in [0, 0.1) is 0 Å². The highest BCUT2D eigenvalue weighted by atomic mass is 33.1. The lowest BCUT2D eigenvalue weighted by atomic mass is 10.1. The number of rotatable bonds is 17. The molecule has 2 N–H and O–H groups in total. The summed E-state index contributed by atoms with van der Waals surface area (Å²) in [5.74, 6) is 8.69. The van der Waals surface area contributed by atoms with Gasteiger partial charge in [-0.2, -0.15) is 23.5 Å². The summed E-state index contributed by atoms with van der Waals surface area (Å²) in [5, 5.41) is 19.2. The minimum atomic E-state index is 0.122. The molecule has 2 aromatic rings. The minimum absolute atomic E-state index is 0.122. The quantitative estimate of drug-likeness (QED) is 0.195. The van der Waals surface area contributed by atoms with Gasteiger partial charge < -0.3 is 24.4 Å². The van der Waals surface area contributed by atoms with Gasteiger partial charge in [0.2, 0.25) is 0 Å². The van der Waals surface area contributed by atoms with E-state index in [2.05, 4.69) is 0 Å². The normalized spacial score (nSPS) is 10.8. The molecule has 0 atom stereocenters. The molecule has 0 bridgehead atoms. The zero-order valence-electron chi connectivity index (χ0n) is 18.6. The van der Waals surface area contributed by atoms with E-state index < -0.39 is 0 Å². The number of phenols is 2. The summed E-state index contributed by atoms with van der Waals surface area (Å²) in [5.41, 5.74) is 1.20. The third kappa shape index (κ3) is 10.6. The molecular formula is C23H32O5S4. The highest BCUT2D eigenvalue weighted by molar-refractivity contribution is 8.76. The lowest BCUT2D eigenvalue weighted by molar-refractivity contribution is 0.334. The first-order chi connectivity index (χ1) is 15.6. The number of methoxy groups -OCH3 is 2. The summed E-state index contributed by atoms with van der Waals surface area (Å²) in [6.45, 7) is 0.643. The fraction of sp³-hybridized carbons (Fsp3) is 0.478. The van der Waals surface area contributed by atoms with Crippen LogP contribution in [0.3, 0.4) is 0 Å². The Morgan fingerprint density at radius 2 is 1.34 bits per heavy atom. The van der Waals surface area contributed by atoms with Crippen LogP contribution in [0.25, 0.3) is 0 Å². The van der Waals surface area contributed by atoms with Crippen molar-refractivity contribution in [1.82, 2.24) is 0 Å². The minimum Gasteiger partial charge on any atom is -0.504 e. The summed E-state index contributed by atoms with van der Waals surface area (Å²) >= 11 is 3.89. The van der Waals surface area contributed by atoms with Crippen molar-refractivity contribution in [3.05, 3.63) is 42.0 Å². The van der Waals surface area contributed by atoms with Crippen LogP contribution >= 0.6 is 45.1 Å². The van der Waals surface area contributed by atoms with Gasteiger partial charge in [0.05, 0.1) is 20.8 Å². The fourth-order valence-corrected chi connectivity index (χ4v) is 7.34. The van der Waals surface area contributed by atoms with Crippen molar-refractivity contribution >= 4 is 45.1 Å². The number of aromatic hydroxyl groups is 2. The van der Waals surface area contributed by atoms with Crippen LogP contribution in [0.1, 0.15) is 12.0 Å². The third-order valence-electron chi connectivity index (χ3n) is 4.35. The molecule has 0 saturated carbocycles. The van der Waals surface area contributed by atoms with Crippen molar-refractivity contribution in [2.24, 2.45) is 0 Å². The Labute approximate surface area is 207 Å². The number of ether oxygens (including phenoxy) is 3. The molecule has 0 aliphatic heterocycles. The van der Waals surface area contributed by atoms with E-state index in [4.69, 9.17) is 14.2 Å². The maximum atomic E-state index is 9.63. The zero-order valence-corrected chi connectivity index (χ0v) is 21.8. The smallest absolute Gasteiger partial charge is 0.164 e. The summed E-state index contributed by atoms with van der Waals surface area (Å²) in [4.78, 5) is 0. The van der Waals surface area contributed by atoms with Crippen molar-refractivity contribution in [2.75, 3.05) is 55.3 Å². The topological polar surface area (TPSA) is 68.2 Å². The Kier molecular flexibility index (Phi) is 13.9. The number of phenolic OH excluding ortho intramolecular Hbond substituents is 2. The monoisotopic (exact) mass is 516 g/mol. The summed E-state index contributed by atoms with van der Waals surface area (Å²) in [6, 6.07) is 10.6. The van der Waals surface area contributed by atoms with Gasteiger partial charge in [0.1, 0.15) is 5.75 Å². The van der Waals surface area contributed by atoms with Crippen LogP contribution in [0.5, 0.6) is 28.7 Å². The number of benzene rings is 2. The van der Waals surface area contributed by atoms with Gasteiger partial charge in [0, 0.05) is 34.8 Å². The van der Waals surface area contributed by atoms with E-state index in [0.717, 1.165) is 35.9 Å². The average Bonchev–Trinajstić information content (AvgIpc) is 2.81. The van der Waals surface area contributed by atoms with Gasteiger partial charge in [-0.15, -0.1) is 0 Å². The molecule has 0 saturated heterocycles. The Balaban J connectivity index is 1.37. The van der Waals surface area contributed by atoms with Gasteiger partial charge in [-0.3, -0.25) is 0 Å². The van der Waals surface area contributed by atoms with Crippen molar-refractivity contribution < 1.29 is 24.4 Å². The molecule has 178 valence electrons. The molecule has 32 heavy (non-hydrogen) atoms. The Morgan fingerprint density at radius 1 is 0.719 bits per heavy atom. The van der Waals surface area contributed by atoms with Crippen LogP contribution < -0.4 is 14.2 Å². The van der Waals surface area contributed by atoms with E-state index in [1.54, 1.807) is 31.4 Å². The molecule has 0 fully saturated rings. The van der Waals surface area contributed by atoms with E-state index >= 15 is 0 Å². The molecule has 0 aliphatic rings. The SMILES string of the molecule is COc1cc(CCCSCCSSCCSCCOc2ccc(O)c(OC)c2)ccc1O. The largest absolute Gasteiger partial charge is 0.504 e. The van der Waals surface area contributed by atoms with Gasteiger partial charge >= 0.3 is 0 Å². The van der Waals surface area contributed by atoms with Crippen LogP contribution in [-0.4, -0.2) is 65.6 Å². The average molecular weight is 517 g/mol. The summed E-state index contributed by atoms with van der Waals surface area (Å²) < 4.78 is 15.9. The standard InChI is InChI=1S/C23H32O5S4/c1-26-22-16-18(5-7-20(22)24)4-3-10-29-12-14-31-32-15-13-30-11-9-28-19-6-8-21(25)23(17-19)27-2/h5-8,16-17,24-25H,3-4,9-15H2,1-2H3. The Bertz CT molecular complexity index is 725. The van der Waals surface area contributed by atoms with Crippen LogP contribution in [0.15, 0.2) is 36.4 Å². The molecule has 0 aromatic heterocycles. The molecule has 9 heteroatoms. The molecule has 5 nitrogen and oxygen atoms in total. The van der Waals surface area contributed by atoms with E-state index in [1.165, 1.54) is 24.2 Å². The predicted octanol–water partition coefficient (Wildman–Crippen LogP) is 5.97. The van der Waals surface area contributed by atoms with Crippen LogP contribution in [0.4, 0.5) is 0 Å². The summed E-state index contributed by atoms with van der Waals surface area (Å²) in [7, 11) is 7.00. The lowest BCUT2D eigenvalue weighted by Gasteiger charge is -2.08. The van der Waals surface area contributed by atoms with Crippen LogP contribution in [-0.2, 0) is 6.42 Å². The Hall–Kier alpha value is -1.16. The Morgan fingerprint density at radius 3 is 2.03 bits per heavy atom. The zero-order chi connectivity index (χ0) is 23.0. The van der Waals surface area contributed by atoms with Crippen molar-refractivity contribution in [3.63, 3.8) is 0 Å². The van der Waals surface area contributed by atoms with E-state index in [-0.39, 0.29) is 11.5 Å². The molecular weight excluding hydrogens is 485 g/mol. The number of thioether (sulfide) groups is 2. The molecule has 0 aliphatic carbocycles. The molecule has 2 rings (SSSR count). The second-order valence-corrected chi connectivity index (χ2v) is 11.8. The van der Waals surface area contributed by atoms with Crippen molar-refractivity contribution in [1.29, 1.82) is 0 Å². The van der Waals surface area contributed by atoms with E-state index in [0.29, 0.717) is 23.9 Å². The van der Waals surface area contributed by atoms with Gasteiger partial charge in [-0.05, 0) is 48.4 Å². The fourth-order valence-electron chi connectivity index (χ4n) is 2.73. The predicted molar refractivity (Wildman–Crippen MR) is 143 cm³/mol. The highest BCUT2D eigenvalue weighted by Gasteiger charge is 2.04. The maximum Gasteiger partial charge on any atom is 0.164 e. The molecule has 0 amide bonds. The lowest BCUT2D eigenvalue weighted by Crippen LogP contribution is -2.01. The van der Waals surface area contributed by atoms with Crippen molar-refractivity contribution in [2.45, 2.75) is 12.8 Å². The number of hydrogen-bond acceptors (Lipinski definition) is 9. The van der Waals surface area contributed by atoms with Gasteiger partial charge in [0.15, 0.2) is 23.0 Å². The van der Waals surface area contributed by atoms with Gasteiger partial charge in [-0.1, -0.05) is 27.7 Å². The molecule has 0 radical (unpaired) electrons. The second kappa shape index (κ2) is 16.5. The van der Waals surface area contributed by atoms with Gasteiger partial charge in [0.25, 0.3) is 0 Å². The summed E-state index contributed by atoms with van der Waals surface area (Å²) in [6.07, 6.45) is 2.14. The van der Waals surface area contributed by atoms with Crippen molar-refractivity contribution in [3.8, 4) is 28.7 Å².